The van der Waals surface area contributed by atoms with Gasteiger partial charge in [-0.05, 0) is 19.8 Å². The Labute approximate surface area is 98.9 Å². The monoisotopic (exact) mass is 230 g/mol. The lowest BCUT2D eigenvalue weighted by Gasteiger charge is -2.03. The Morgan fingerprint density at radius 2 is 1.38 bits per heavy atom. The first-order valence-electron chi connectivity index (χ1n) is 6.53. The number of aliphatic hydroxyl groups excluding tert-OH is 1. The van der Waals surface area contributed by atoms with Crippen LogP contribution in [0.3, 0.4) is 0 Å². The van der Waals surface area contributed by atoms with Crippen LogP contribution in [-0.4, -0.2) is 22.3 Å². The number of carbonyl (C=O) groups is 1. The van der Waals surface area contributed by atoms with E-state index in [-0.39, 0.29) is 6.10 Å². The molecule has 0 radical (unpaired) electrons. The zero-order valence-corrected chi connectivity index (χ0v) is 10.5. The number of hydrogen-bond acceptors (Lipinski definition) is 2. The van der Waals surface area contributed by atoms with Gasteiger partial charge in [0, 0.05) is 6.42 Å². The summed E-state index contributed by atoms with van der Waals surface area (Å²) >= 11 is 0. The highest BCUT2D eigenvalue weighted by molar-refractivity contribution is 5.66. The maximum Gasteiger partial charge on any atom is 0.303 e. The summed E-state index contributed by atoms with van der Waals surface area (Å²) in [7, 11) is 0. The van der Waals surface area contributed by atoms with E-state index < -0.39 is 5.97 Å². The SMILES string of the molecule is CC(O)CCCCCCCCCCC(=O)O. The smallest absolute Gasteiger partial charge is 0.303 e. The first-order chi connectivity index (χ1) is 7.63. The molecular formula is C13H26O3. The molecule has 0 heterocycles. The summed E-state index contributed by atoms with van der Waals surface area (Å²) in [6, 6.07) is 0. The molecular weight excluding hydrogens is 204 g/mol. The third-order valence-corrected chi connectivity index (χ3v) is 2.76. The van der Waals surface area contributed by atoms with Gasteiger partial charge in [0.2, 0.25) is 0 Å². The Kier molecular flexibility index (Phi) is 10.5. The topological polar surface area (TPSA) is 57.5 Å². The normalized spacial score (nSPS) is 12.6. The molecule has 16 heavy (non-hydrogen) atoms. The Morgan fingerprint density at radius 1 is 0.938 bits per heavy atom. The number of aliphatic carboxylic acids is 1. The first-order valence-corrected chi connectivity index (χ1v) is 6.53. The molecule has 2 N–H and O–H groups in total. The van der Waals surface area contributed by atoms with E-state index in [4.69, 9.17) is 10.2 Å². The van der Waals surface area contributed by atoms with Crippen LogP contribution in [0.2, 0.25) is 0 Å². The summed E-state index contributed by atoms with van der Waals surface area (Å²) < 4.78 is 0. The first kappa shape index (κ1) is 15.4. The van der Waals surface area contributed by atoms with E-state index in [1.807, 2.05) is 6.92 Å². The van der Waals surface area contributed by atoms with Gasteiger partial charge < -0.3 is 10.2 Å². The lowest BCUT2D eigenvalue weighted by molar-refractivity contribution is -0.137. The minimum absolute atomic E-state index is 0.156. The van der Waals surface area contributed by atoms with Crippen molar-refractivity contribution in [3.05, 3.63) is 0 Å². The number of carboxylic acids is 1. The molecule has 0 bridgehead atoms. The highest BCUT2D eigenvalue weighted by Gasteiger charge is 1.97. The van der Waals surface area contributed by atoms with Crippen molar-refractivity contribution in [2.45, 2.75) is 77.2 Å². The minimum Gasteiger partial charge on any atom is -0.481 e. The van der Waals surface area contributed by atoms with Crippen molar-refractivity contribution < 1.29 is 15.0 Å². The average molecular weight is 230 g/mol. The maximum absolute atomic E-state index is 10.2. The standard InChI is InChI=1S/C13H26O3/c1-12(14)10-8-6-4-2-3-5-7-9-11-13(15)16/h12,14H,2-11H2,1H3,(H,15,16). The predicted molar refractivity (Wildman–Crippen MR) is 65.5 cm³/mol. The molecule has 0 aromatic carbocycles. The summed E-state index contributed by atoms with van der Waals surface area (Å²) in [5.74, 6) is -0.682. The molecule has 0 aromatic rings. The van der Waals surface area contributed by atoms with E-state index in [0.29, 0.717) is 6.42 Å². The van der Waals surface area contributed by atoms with Crippen molar-refractivity contribution in [2.75, 3.05) is 0 Å². The van der Waals surface area contributed by atoms with Crippen LogP contribution in [0.4, 0.5) is 0 Å². The van der Waals surface area contributed by atoms with Crippen molar-refractivity contribution in [2.24, 2.45) is 0 Å². The molecule has 0 aliphatic heterocycles. The molecule has 1 atom stereocenters. The fourth-order valence-electron chi connectivity index (χ4n) is 1.78. The van der Waals surface area contributed by atoms with Crippen molar-refractivity contribution in [3.8, 4) is 0 Å². The summed E-state index contributed by atoms with van der Waals surface area (Å²) in [5.41, 5.74) is 0. The quantitative estimate of drug-likeness (QED) is 0.535. The van der Waals surface area contributed by atoms with E-state index in [2.05, 4.69) is 0 Å². The van der Waals surface area contributed by atoms with Crippen LogP contribution in [-0.2, 0) is 4.79 Å². The number of carboxylic acid groups (broad SMARTS) is 1. The third kappa shape index (κ3) is 13.4. The van der Waals surface area contributed by atoms with Crippen LogP contribution in [0.15, 0.2) is 0 Å². The Morgan fingerprint density at radius 3 is 1.81 bits per heavy atom. The van der Waals surface area contributed by atoms with E-state index >= 15 is 0 Å². The van der Waals surface area contributed by atoms with Gasteiger partial charge in [0.05, 0.1) is 6.10 Å². The Bertz CT molecular complexity index is 167. The number of aliphatic hydroxyl groups is 1. The molecule has 0 aromatic heterocycles. The lowest BCUT2D eigenvalue weighted by Crippen LogP contribution is -1.98. The molecule has 3 nitrogen and oxygen atoms in total. The molecule has 0 aliphatic carbocycles. The van der Waals surface area contributed by atoms with E-state index in [0.717, 1.165) is 32.1 Å². The van der Waals surface area contributed by atoms with Crippen LogP contribution < -0.4 is 0 Å². The van der Waals surface area contributed by atoms with Crippen molar-refractivity contribution in [1.29, 1.82) is 0 Å². The van der Waals surface area contributed by atoms with Crippen LogP contribution in [0, 0.1) is 0 Å². The van der Waals surface area contributed by atoms with Crippen LogP contribution in [0.5, 0.6) is 0 Å². The summed E-state index contributed by atoms with van der Waals surface area (Å²) in [6.07, 6.45) is 10.1. The van der Waals surface area contributed by atoms with Crippen molar-refractivity contribution in [1.82, 2.24) is 0 Å². The van der Waals surface area contributed by atoms with Gasteiger partial charge in [0.1, 0.15) is 0 Å². The average Bonchev–Trinajstić information content (AvgIpc) is 2.20. The molecule has 3 heteroatoms. The molecule has 1 unspecified atom stereocenters. The van der Waals surface area contributed by atoms with Gasteiger partial charge in [-0.15, -0.1) is 0 Å². The Balaban J connectivity index is 2.96. The molecule has 0 fully saturated rings. The second-order valence-corrected chi connectivity index (χ2v) is 4.61. The van der Waals surface area contributed by atoms with Crippen LogP contribution in [0.1, 0.15) is 71.1 Å². The lowest BCUT2D eigenvalue weighted by atomic mass is 10.1. The molecule has 0 aliphatic rings. The summed E-state index contributed by atoms with van der Waals surface area (Å²) in [4.78, 5) is 10.2. The van der Waals surface area contributed by atoms with E-state index in [1.54, 1.807) is 0 Å². The van der Waals surface area contributed by atoms with Gasteiger partial charge in [-0.2, -0.15) is 0 Å². The highest BCUT2D eigenvalue weighted by Crippen LogP contribution is 2.11. The largest absolute Gasteiger partial charge is 0.481 e. The predicted octanol–water partition coefficient (Wildman–Crippen LogP) is 3.35. The molecule has 96 valence electrons. The van der Waals surface area contributed by atoms with Gasteiger partial charge in [0.25, 0.3) is 0 Å². The molecule has 0 amide bonds. The minimum atomic E-state index is -0.682. The van der Waals surface area contributed by atoms with E-state index in [9.17, 15) is 4.79 Å². The molecule has 0 saturated carbocycles. The van der Waals surface area contributed by atoms with E-state index in [1.165, 1.54) is 25.7 Å². The molecule has 0 spiro atoms. The maximum atomic E-state index is 10.2. The summed E-state index contributed by atoms with van der Waals surface area (Å²) in [6.45, 7) is 1.84. The summed E-state index contributed by atoms with van der Waals surface area (Å²) in [5, 5.41) is 17.5. The van der Waals surface area contributed by atoms with Crippen LogP contribution in [0.25, 0.3) is 0 Å². The second-order valence-electron chi connectivity index (χ2n) is 4.61. The number of rotatable bonds is 11. The Hall–Kier alpha value is -0.570. The van der Waals surface area contributed by atoms with Crippen molar-refractivity contribution >= 4 is 5.97 Å². The second kappa shape index (κ2) is 10.9. The third-order valence-electron chi connectivity index (χ3n) is 2.76. The highest BCUT2D eigenvalue weighted by atomic mass is 16.4. The van der Waals surface area contributed by atoms with Crippen LogP contribution >= 0.6 is 0 Å². The van der Waals surface area contributed by atoms with Crippen molar-refractivity contribution in [3.63, 3.8) is 0 Å². The fourth-order valence-corrected chi connectivity index (χ4v) is 1.78. The van der Waals surface area contributed by atoms with Gasteiger partial charge in [-0.25, -0.2) is 0 Å². The van der Waals surface area contributed by atoms with Gasteiger partial charge in [0.15, 0.2) is 0 Å². The molecule has 0 rings (SSSR count). The fraction of sp³-hybridized carbons (Fsp3) is 0.923. The van der Waals surface area contributed by atoms with Gasteiger partial charge in [-0.3, -0.25) is 4.79 Å². The zero-order valence-electron chi connectivity index (χ0n) is 10.5. The molecule has 0 saturated heterocycles. The van der Waals surface area contributed by atoms with Gasteiger partial charge >= 0.3 is 5.97 Å². The number of hydrogen-bond donors (Lipinski definition) is 2. The zero-order chi connectivity index (χ0) is 12.2. The van der Waals surface area contributed by atoms with Gasteiger partial charge in [-0.1, -0.05) is 44.9 Å². The number of unbranched alkanes of at least 4 members (excludes halogenated alkanes) is 7.